The van der Waals surface area contributed by atoms with E-state index in [9.17, 15) is 14.9 Å². The molecule has 0 bridgehead atoms. The summed E-state index contributed by atoms with van der Waals surface area (Å²) < 4.78 is 6.93. The molecule has 124 valence electrons. The van der Waals surface area contributed by atoms with Crippen LogP contribution in [0.2, 0.25) is 0 Å². The first-order chi connectivity index (χ1) is 12.1. The molecular weight excluding hydrogens is 324 g/mol. The molecule has 1 aromatic heterocycles. The van der Waals surface area contributed by atoms with Crippen molar-refractivity contribution >= 4 is 16.6 Å². The number of nitro groups is 1. The Bertz CT molecular complexity index is 1040. The summed E-state index contributed by atoms with van der Waals surface area (Å²) in [5, 5.41) is 19.8. The van der Waals surface area contributed by atoms with Crippen molar-refractivity contribution in [1.82, 2.24) is 9.55 Å². The van der Waals surface area contributed by atoms with Crippen molar-refractivity contribution in [3.63, 3.8) is 0 Å². The van der Waals surface area contributed by atoms with Gasteiger partial charge in [-0.2, -0.15) is 5.26 Å². The number of nitrogens with zero attached hydrogens (tertiary/aromatic N) is 4. The van der Waals surface area contributed by atoms with Crippen LogP contribution in [0.4, 0.5) is 5.69 Å². The molecule has 0 radical (unpaired) electrons. The minimum atomic E-state index is -0.530. The third-order valence-electron chi connectivity index (χ3n) is 3.60. The molecular formula is C17H12N4O4. The Labute approximate surface area is 141 Å². The zero-order chi connectivity index (χ0) is 17.8. The largest absolute Gasteiger partial charge is 0.492 e. The molecule has 3 aromatic rings. The fourth-order valence-corrected chi connectivity index (χ4v) is 2.31. The molecule has 0 aliphatic rings. The van der Waals surface area contributed by atoms with Crippen LogP contribution in [0, 0.1) is 21.4 Å². The van der Waals surface area contributed by atoms with Crippen LogP contribution in [0.25, 0.3) is 10.9 Å². The van der Waals surface area contributed by atoms with Crippen LogP contribution >= 0.6 is 0 Å². The Morgan fingerprint density at radius 3 is 2.68 bits per heavy atom. The van der Waals surface area contributed by atoms with E-state index in [1.165, 1.54) is 29.1 Å². The van der Waals surface area contributed by atoms with Crippen LogP contribution in [0.1, 0.15) is 5.56 Å². The first-order valence-electron chi connectivity index (χ1n) is 7.35. The van der Waals surface area contributed by atoms with E-state index in [2.05, 4.69) is 4.98 Å². The highest BCUT2D eigenvalue weighted by atomic mass is 16.6. The highest BCUT2D eigenvalue weighted by Crippen LogP contribution is 2.16. The van der Waals surface area contributed by atoms with Gasteiger partial charge < -0.3 is 4.74 Å². The molecule has 25 heavy (non-hydrogen) atoms. The van der Waals surface area contributed by atoms with Gasteiger partial charge in [-0.25, -0.2) is 4.98 Å². The Kier molecular flexibility index (Phi) is 4.39. The molecule has 0 saturated heterocycles. The van der Waals surface area contributed by atoms with E-state index in [1.807, 2.05) is 6.07 Å². The lowest BCUT2D eigenvalue weighted by Crippen LogP contribution is -2.23. The summed E-state index contributed by atoms with van der Waals surface area (Å²) in [5.74, 6) is 0.594. The van der Waals surface area contributed by atoms with Gasteiger partial charge >= 0.3 is 0 Å². The maximum absolute atomic E-state index is 12.4. The predicted octanol–water partition coefficient (Wildman–Crippen LogP) is 2.26. The number of aromatic nitrogens is 2. The summed E-state index contributed by atoms with van der Waals surface area (Å²) in [7, 11) is 0. The van der Waals surface area contributed by atoms with Crippen molar-refractivity contribution in [3.8, 4) is 11.8 Å². The minimum absolute atomic E-state index is 0.110. The molecule has 0 N–H and O–H groups in total. The second kappa shape index (κ2) is 6.80. The first kappa shape index (κ1) is 16.1. The molecule has 1 heterocycles. The van der Waals surface area contributed by atoms with Gasteiger partial charge in [-0.3, -0.25) is 19.5 Å². The minimum Gasteiger partial charge on any atom is -0.492 e. The lowest BCUT2D eigenvalue weighted by molar-refractivity contribution is -0.384. The third kappa shape index (κ3) is 3.45. The van der Waals surface area contributed by atoms with Gasteiger partial charge in [0.2, 0.25) is 0 Å². The molecule has 0 aliphatic heterocycles. The maximum Gasteiger partial charge on any atom is 0.271 e. The van der Waals surface area contributed by atoms with Crippen LogP contribution in [-0.2, 0) is 6.54 Å². The van der Waals surface area contributed by atoms with Crippen molar-refractivity contribution < 1.29 is 9.66 Å². The molecule has 0 amide bonds. The SMILES string of the molecule is N#Cc1ccc(OCCn2cnc3cc([N+](=O)[O-])ccc3c2=O)cc1. The molecule has 0 spiro atoms. The van der Waals surface area contributed by atoms with Gasteiger partial charge in [-0.15, -0.1) is 0 Å². The second-order valence-corrected chi connectivity index (χ2v) is 5.19. The highest BCUT2D eigenvalue weighted by molar-refractivity contribution is 5.79. The van der Waals surface area contributed by atoms with Crippen molar-refractivity contribution in [3.05, 3.63) is 74.8 Å². The summed E-state index contributed by atoms with van der Waals surface area (Å²) in [6.07, 6.45) is 1.34. The van der Waals surface area contributed by atoms with E-state index in [4.69, 9.17) is 10.00 Å². The molecule has 0 atom stereocenters. The number of rotatable bonds is 5. The number of fused-ring (bicyclic) bond motifs is 1. The molecule has 0 saturated carbocycles. The van der Waals surface area contributed by atoms with Gasteiger partial charge in [0.25, 0.3) is 11.2 Å². The van der Waals surface area contributed by atoms with Crippen LogP contribution in [0.5, 0.6) is 5.75 Å². The lowest BCUT2D eigenvalue weighted by Gasteiger charge is -2.08. The molecule has 8 heteroatoms. The van der Waals surface area contributed by atoms with Crippen LogP contribution in [-0.4, -0.2) is 21.1 Å². The monoisotopic (exact) mass is 336 g/mol. The maximum atomic E-state index is 12.4. The Balaban J connectivity index is 1.74. The van der Waals surface area contributed by atoms with E-state index < -0.39 is 4.92 Å². The van der Waals surface area contributed by atoms with Crippen LogP contribution in [0.3, 0.4) is 0 Å². The Morgan fingerprint density at radius 2 is 2.00 bits per heavy atom. The summed E-state index contributed by atoms with van der Waals surface area (Å²) >= 11 is 0. The molecule has 3 rings (SSSR count). The average Bonchev–Trinajstić information content (AvgIpc) is 2.64. The summed E-state index contributed by atoms with van der Waals surface area (Å²) in [4.78, 5) is 26.7. The van der Waals surface area contributed by atoms with Crippen molar-refractivity contribution in [2.24, 2.45) is 0 Å². The van der Waals surface area contributed by atoms with Gasteiger partial charge in [0, 0.05) is 12.1 Å². The predicted molar refractivity (Wildman–Crippen MR) is 89.3 cm³/mol. The van der Waals surface area contributed by atoms with E-state index >= 15 is 0 Å². The first-order valence-corrected chi connectivity index (χ1v) is 7.35. The Morgan fingerprint density at radius 1 is 1.24 bits per heavy atom. The summed E-state index contributed by atoms with van der Waals surface area (Å²) in [6, 6.07) is 12.6. The van der Waals surface area contributed by atoms with Crippen molar-refractivity contribution in [2.75, 3.05) is 6.61 Å². The fourth-order valence-electron chi connectivity index (χ4n) is 2.31. The molecule has 0 unspecified atom stereocenters. The number of hydrogen-bond donors (Lipinski definition) is 0. The highest BCUT2D eigenvalue weighted by Gasteiger charge is 2.10. The van der Waals surface area contributed by atoms with E-state index in [1.54, 1.807) is 24.3 Å². The normalized spacial score (nSPS) is 10.4. The van der Waals surface area contributed by atoms with Crippen LogP contribution in [0.15, 0.2) is 53.6 Å². The van der Waals surface area contributed by atoms with Gasteiger partial charge in [0.1, 0.15) is 12.4 Å². The zero-order valence-corrected chi connectivity index (χ0v) is 13.0. The molecule has 2 aromatic carbocycles. The van der Waals surface area contributed by atoms with E-state index in [0.29, 0.717) is 16.7 Å². The molecule has 0 fully saturated rings. The van der Waals surface area contributed by atoms with E-state index in [0.717, 1.165) is 0 Å². The molecule has 0 aliphatic carbocycles. The van der Waals surface area contributed by atoms with Gasteiger partial charge in [-0.05, 0) is 30.3 Å². The number of non-ortho nitro benzene ring substituents is 1. The number of hydrogen-bond acceptors (Lipinski definition) is 6. The van der Waals surface area contributed by atoms with Crippen LogP contribution < -0.4 is 10.3 Å². The lowest BCUT2D eigenvalue weighted by atomic mass is 10.2. The van der Waals surface area contributed by atoms with Gasteiger partial charge in [0.15, 0.2) is 0 Å². The quantitative estimate of drug-likeness (QED) is 0.522. The number of nitro benzene ring substituents is 1. The van der Waals surface area contributed by atoms with Gasteiger partial charge in [0.05, 0.1) is 40.3 Å². The topological polar surface area (TPSA) is 111 Å². The Hall–Kier alpha value is -3.73. The average molecular weight is 336 g/mol. The summed E-state index contributed by atoms with van der Waals surface area (Å²) in [6.45, 7) is 0.519. The smallest absolute Gasteiger partial charge is 0.271 e. The van der Waals surface area contributed by atoms with Crippen molar-refractivity contribution in [1.29, 1.82) is 5.26 Å². The summed E-state index contributed by atoms with van der Waals surface area (Å²) in [5.41, 5.74) is 0.421. The van der Waals surface area contributed by atoms with Gasteiger partial charge in [-0.1, -0.05) is 0 Å². The number of ether oxygens (including phenoxy) is 1. The molecule has 8 nitrogen and oxygen atoms in total. The number of nitriles is 1. The zero-order valence-electron chi connectivity index (χ0n) is 13.0. The third-order valence-corrected chi connectivity index (χ3v) is 3.60. The second-order valence-electron chi connectivity index (χ2n) is 5.19. The van der Waals surface area contributed by atoms with E-state index in [-0.39, 0.29) is 29.9 Å². The fraction of sp³-hybridized carbons (Fsp3) is 0.118. The standard InChI is InChI=1S/C17H12N4O4/c18-10-12-1-4-14(5-2-12)25-8-7-20-11-19-16-9-13(21(23)24)3-6-15(16)17(20)22/h1-6,9,11H,7-8H2. The number of benzene rings is 2. The van der Waals surface area contributed by atoms with Crippen molar-refractivity contribution in [2.45, 2.75) is 6.54 Å².